The van der Waals surface area contributed by atoms with Gasteiger partial charge >= 0.3 is 19.5 Å². The molecule has 1 N–H and O–H groups in total. The van der Waals surface area contributed by atoms with Gasteiger partial charge in [-0.3, -0.25) is 5.41 Å². The van der Waals surface area contributed by atoms with Crippen LogP contribution in [0.25, 0.3) is 5.57 Å². The number of methoxy groups -OCH3 is 2. The molecule has 1 aromatic rings. The third kappa shape index (κ3) is 9.02. The van der Waals surface area contributed by atoms with Crippen molar-refractivity contribution < 1.29 is 28.5 Å². The van der Waals surface area contributed by atoms with Gasteiger partial charge in [-0.25, -0.2) is 9.59 Å². The molecule has 30 heavy (non-hydrogen) atoms. The van der Waals surface area contributed by atoms with Crippen LogP contribution in [0.15, 0.2) is 30.5 Å². The Labute approximate surface area is 178 Å². The number of carbonyl (C=O) groups is 2. The average Bonchev–Trinajstić information content (AvgIpc) is 2.69. The Kier molecular flexibility index (Phi) is 10.5. The summed E-state index contributed by atoms with van der Waals surface area (Å²) in [5, 5.41) is 6.85. The van der Waals surface area contributed by atoms with Crippen molar-refractivity contribution in [1.82, 2.24) is 4.90 Å². The number of nitrogens with one attached hydrogen (secondary N) is 1. The maximum atomic E-state index is 12.6. The van der Waals surface area contributed by atoms with Gasteiger partial charge in [-0.15, -0.1) is 0 Å². The lowest BCUT2D eigenvalue weighted by Crippen LogP contribution is -2.37. The van der Waals surface area contributed by atoms with Gasteiger partial charge in [0.15, 0.2) is 0 Å². The van der Waals surface area contributed by atoms with E-state index in [1.807, 2.05) is 32.9 Å². The van der Waals surface area contributed by atoms with Gasteiger partial charge in [-0.1, -0.05) is 24.3 Å². The van der Waals surface area contributed by atoms with E-state index in [9.17, 15) is 9.59 Å². The molecular formula is C21H30BN2O6. The van der Waals surface area contributed by atoms with Crippen molar-refractivity contribution in [3.05, 3.63) is 41.7 Å². The Morgan fingerprint density at radius 3 is 2.37 bits per heavy atom. The molecule has 0 aromatic heterocycles. The summed E-state index contributed by atoms with van der Waals surface area (Å²) in [6.45, 7) is 6.27. The standard InChI is InChI=1S/C21H30BN2O6/c1-21(2,3)30-20(26)24(12-6-11-22-29-15-23)13-16-7-9-17(10-8-16)18(14-27-4)19(25)28-5/h7-10,14-15,23H,6,11-13H2,1-5H3. The molecule has 0 fully saturated rings. The van der Waals surface area contributed by atoms with Crippen LogP contribution in [0.5, 0.6) is 0 Å². The van der Waals surface area contributed by atoms with Gasteiger partial charge in [-0.05, 0) is 44.6 Å². The van der Waals surface area contributed by atoms with E-state index in [1.54, 1.807) is 17.0 Å². The van der Waals surface area contributed by atoms with Crippen LogP contribution in [0.4, 0.5) is 4.79 Å². The highest BCUT2D eigenvalue weighted by Gasteiger charge is 2.22. The summed E-state index contributed by atoms with van der Waals surface area (Å²) >= 11 is 0. The topological polar surface area (TPSA) is 98.1 Å². The highest BCUT2D eigenvalue weighted by atomic mass is 16.6. The molecule has 1 aromatic carbocycles. The molecule has 1 amide bonds. The minimum atomic E-state index is -0.602. The normalized spacial score (nSPS) is 11.3. The van der Waals surface area contributed by atoms with E-state index in [0.717, 1.165) is 12.0 Å². The van der Waals surface area contributed by atoms with Gasteiger partial charge in [0.25, 0.3) is 0 Å². The van der Waals surface area contributed by atoms with E-state index in [-0.39, 0.29) is 0 Å². The molecule has 9 heteroatoms. The summed E-state index contributed by atoms with van der Waals surface area (Å²) in [4.78, 5) is 26.1. The summed E-state index contributed by atoms with van der Waals surface area (Å²) in [7, 11) is 4.29. The van der Waals surface area contributed by atoms with Gasteiger partial charge in [0, 0.05) is 13.1 Å². The van der Waals surface area contributed by atoms with Crippen molar-refractivity contribution in [3.63, 3.8) is 0 Å². The molecule has 0 atom stereocenters. The number of hydrogen-bond acceptors (Lipinski definition) is 7. The Morgan fingerprint density at radius 2 is 1.83 bits per heavy atom. The lowest BCUT2D eigenvalue weighted by atomic mass is 9.93. The Balaban J connectivity index is 2.90. The van der Waals surface area contributed by atoms with Crippen LogP contribution in [-0.2, 0) is 30.2 Å². The molecule has 0 bridgehead atoms. The molecule has 0 saturated heterocycles. The Bertz CT molecular complexity index is 728. The number of hydrogen-bond donors (Lipinski definition) is 1. The summed E-state index contributed by atoms with van der Waals surface area (Å²) < 4.78 is 20.0. The molecule has 0 spiro atoms. The lowest BCUT2D eigenvalue weighted by Gasteiger charge is -2.27. The molecule has 0 aliphatic rings. The first-order valence-electron chi connectivity index (χ1n) is 9.56. The van der Waals surface area contributed by atoms with Gasteiger partial charge in [0.2, 0.25) is 0 Å². The van der Waals surface area contributed by atoms with Crippen LogP contribution in [0.1, 0.15) is 38.3 Å². The molecule has 0 heterocycles. The smallest absolute Gasteiger partial charge is 0.410 e. The number of benzene rings is 1. The fourth-order valence-electron chi connectivity index (χ4n) is 2.51. The molecule has 163 valence electrons. The molecule has 0 aliphatic heterocycles. The predicted octanol–water partition coefficient (Wildman–Crippen LogP) is 3.64. The second kappa shape index (κ2) is 12.6. The van der Waals surface area contributed by atoms with E-state index in [2.05, 4.69) is 0 Å². The number of ether oxygens (including phenoxy) is 3. The third-order valence-electron chi connectivity index (χ3n) is 3.85. The highest BCUT2D eigenvalue weighted by Crippen LogP contribution is 2.19. The number of amides is 1. The van der Waals surface area contributed by atoms with Gasteiger partial charge in [0.05, 0.1) is 20.5 Å². The van der Waals surface area contributed by atoms with Crippen molar-refractivity contribution in [2.24, 2.45) is 0 Å². The monoisotopic (exact) mass is 417 g/mol. The maximum Gasteiger partial charge on any atom is 0.410 e. The van der Waals surface area contributed by atoms with Crippen molar-refractivity contribution in [2.75, 3.05) is 20.8 Å². The minimum Gasteiger partial charge on any atom is -0.556 e. The van der Waals surface area contributed by atoms with E-state index < -0.39 is 17.7 Å². The maximum absolute atomic E-state index is 12.6. The Hall–Kier alpha value is -2.97. The second-order valence-electron chi connectivity index (χ2n) is 7.42. The highest BCUT2D eigenvalue weighted by molar-refractivity contribution is 6.29. The van der Waals surface area contributed by atoms with Crippen LogP contribution in [0, 0.1) is 5.41 Å². The number of esters is 1. The SMILES string of the molecule is COC=C(C(=O)OC)c1ccc(CN(CCC[B]OC=N)C(=O)OC(C)(C)C)cc1. The lowest BCUT2D eigenvalue weighted by molar-refractivity contribution is -0.133. The fourth-order valence-corrected chi connectivity index (χ4v) is 2.51. The van der Waals surface area contributed by atoms with Crippen LogP contribution in [0.2, 0.25) is 6.32 Å². The number of carbonyl (C=O) groups excluding carboxylic acids is 2. The summed E-state index contributed by atoms with van der Waals surface area (Å²) in [5.74, 6) is -0.497. The van der Waals surface area contributed by atoms with Crippen LogP contribution in [0.3, 0.4) is 0 Å². The second-order valence-corrected chi connectivity index (χ2v) is 7.42. The summed E-state index contributed by atoms with van der Waals surface area (Å²) in [6.07, 6.45) is 3.04. The third-order valence-corrected chi connectivity index (χ3v) is 3.85. The van der Waals surface area contributed by atoms with Gasteiger partial charge in [0.1, 0.15) is 17.6 Å². The molecule has 0 aliphatic carbocycles. The van der Waals surface area contributed by atoms with Gasteiger partial charge in [-0.2, -0.15) is 0 Å². The zero-order valence-electron chi connectivity index (χ0n) is 18.3. The molecule has 1 radical (unpaired) electrons. The summed E-state index contributed by atoms with van der Waals surface area (Å²) in [5.41, 5.74) is 1.23. The zero-order chi connectivity index (χ0) is 22.6. The molecule has 0 unspecified atom stereocenters. The van der Waals surface area contributed by atoms with Crippen LogP contribution in [-0.4, -0.2) is 57.2 Å². The van der Waals surface area contributed by atoms with Crippen molar-refractivity contribution in [1.29, 1.82) is 5.41 Å². The largest absolute Gasteiger partial charge is 0.556 e. The minimum absolute atomic E-state index is 0.303. The van der Waals surface area contributed by atoms with E-state index in [0.29, 0.717) is 37.0 Å². The van der Waals surface area contributed by atoms with Crippen molar-refractivity contribution in [2.45, 2.75) is 45.7 Å². The first-order valence-corrected chi connectivity index (χ1v) is 9.56. The fraction of sp³-hybridized carbons (Fsp3) is 0.476. The molecule has 8 nitrogen and oxygen atoms in total. The molecule has 1 rings (SSSR count). The van der Waals surface area contributed by atoms with Crippen LogP contribution >= 0.6 is 0 Å². The van der Waals surface area contributed by atoms with E-state index >= 15 is 0 Å². The Morgan fingerprint density at radius 1 is 1.17 bits per heavy atom. The van der Waals surface area contributed by atoms with Crippen molar-refractivity contribution >= 4 is 31.5 Å². The van der Waals surface area contributed by atoms with E-state index in [1.165, 1.54) is 28.0 Å². The molecular weight excluding hydrogens is 387 g/mol. The predicted molar refractivity (Wildman–Crippen MR) is 115 cm³/mol. The quantitative estimate of drug-likeness (QED) is 0.112. The van der Waals surface area contributed by atoms with E-state index in [4.69, 9.17) is 24.3 Å². The average molecular weight is 417 g/mol. The molecule has 0 saturated carbocycles. The number of nitrogens with zero attached hydrogens (tertiary/aromatic N) is 1. The zero-order valence-corrected chi connectivity index (χ0v) is 18.3. The summed E-state index contributed by atoms with van der Waals surface area (Å²) in [6, 6.07) is 7.22. The van der Waals surface area contributed by atoms with Gasteiger partial charge < -0.3 is 23.8 Å². The van der Waals surface area contributed by atoms with Crippen LogP contribution < -0.4 is 0 Å². The first-order chi connectivity index (χ1) is 14.2. The van der Waals surface area contributed by atoms with Crippen molar-refractivity contribution in [3.8, 4) is 0 Å². The first kappa shape index (κ1) is 25.1. The number of rotatable bonds is 11.